The van der Waals surface area contributed by atoms with Crippen LogP contribution in [0.2, 0.25) is 0 Å². The third kappa shape index (κ3) is 5.50. The van der Waals surface area contributed by atoms with Gasteiger partial charge in [0.1, 0.15) is 11.6 Å². The van der Waals surface area contributed by atoms with Gasteiger partial charge in [0.15, 0.2) is 0 Å². The molecule has 0 radical (unpaired) electrons. The molecule has 23 heavy (non-hydrogen) atoms. The number of rotatable bonds is 7. The Morgan fingerprint density at radius 2 is 2.35 bits per heavy atom. The van der Waals surface area contributed by atoms with Crippen LogP contribution >= 0.6 is 0 Å². The van der Waals surface area contributed by atoms with E-state index in [1.807, 2.05) is 6.92 Å². The van der Waals surface area contributed by atoms with Crippen molar-refractivity contribution < 1.29 is 13.9 Å². The molecule has 0 saturated carbocycles. The van der Waals surface area contributed by atoms with Crippen LogP contribution in [0.1, 0.15) is 39.5 Å². The van der Waals surface area contributed by atoms with Gasteiger partial charge in [-0.2, -0.15) is 0 Å². The van der Waals surface area contributed by atoms with Gasteiger partial charge in [0.25, 0.3) is 0 Å². The summed E-state index contributed by atoms with van der Waals surface area (Å²) < 4.78 is 18.9. The molecule has 5 heteroatoms. The number of carbonyl (C=O) groups is 1. The first-order valence-electron chi connectivity index (χ1n) is 8.53. The standard InChI is InChI=1S/C18H27FN2O2/c1-3-9-23-17-11-15(19)6-7-16(17)21-18(22)10-13(2)14-5-4-8-20-12-14/h6-7,11,13-14,20H,3-5,8-10,12H2,1-2H3,(H,21,22). The first-order chi connectivity index (χ1) is 11.1. The second kappa shape index (κ2) is 8.87. The molecule has 1 aromatic carbocycles. The summed E-state index contributed by atoms with van der Waals surface area (Å²) in [4.78, 5) is 12.3. The average molecular weight is 322 g/mol. The molecule has 1 heterocycles. The van der Waals surface area contributed by atoms with Gasteiger partial charge in [0.05, 0.1) is 12.3 Å². The van der Waals surface area contributed by atoms with Crippen LogP contribution in [0, 0.1) is 17.7 Å². The second-order valence-electron chi connectivity index (χ2n) is 6.32. The van der Waals surface area contributed by atoms with Crippen LogP contribution in [0.25, 0.3) is 0 Å². The van der Waals surface area contributed by atoms with E-state index in [0.717, 1.165) is 19.5 Å². The molecule has 2 N–H and O–H groups in total. The molecule has 0 aromatic heterocycles. The Bertz CT molecular complexity index is 516. The third-order valence-corrected chi connectivity index (χ3v) is 4.33. The largest absolute Gasteiger partial charge is 0.491 e. The summed E-state index contributed by atoms with van der Waals surface area (Å²) in [5.41, 5.74) is 0.541. The van der Waals surface area contributed by atoms with Crippen LogP contribution in [-0.4, -0.2) is 25.6 Å². The zero-order valence-corrected chi connectivity index (χ0v) is 14.0. The van der Waals surface area contributed by atoms with Crippen LogP contribution in [-0.2, 0) is 4.79 Å². The summed E-state index contributed by atoms with van der Waals surface area (Å²) in [6.45, 7) is 6.66. The SMILES string of the molecule is CCCOc1cc(F)ccc1NC(=O)CC(C)C1CCCNC1. The maximum Gasteiger partial charge on any atom is 0.224 e. The van der Waals surface area contributed by atoms with Gasteiger partial charge in [-0.25, -0.2) is 4.39 Å². The molecule has 1 amide bonds. The van der Waals surface area contributed by atoms with E-state index in [2.05, 4.69) is 17.6 Å². The molecule has 1 aromatic rings. The Morgan fingerprint density at radius 1 is 1.52 bits per heavy atom. The van der Waals surface area contributed by atoms with Gasteiger partial charge >= 0.3 is 0 Å². The van der Waals surface area contributed by atoms with Crippen LogP contribution in [0.3, 0.4) is 0 Å². The maximum atomic E-state index is 13.4. The number of hydrogen-bond donors (Lipinski definition) is 2. The van der Waals surface area contributed by atoms with Crippen molar-refractivity contribution in [1.29, 1.82) is 0 Å². The van der Waals surface area contributed by atoms with Crippen LogP contribution in [0.5, 0.6) is 5.75 Å². The lowest BCUT2D eigenvalue weighted by Gasteiger charge is -2.28. The Balaban J connectivity index is 1.93. The Labute approximate surface area is 137 Å². The third-order valence-electron chi connectivity index (χ3n) is 4.33. The number of benzene rings is 1. The minimum atomic E-state index is -0.365. The summed E-state index contributed by atoms with van der Waals surface area (Å²) in [6.07, 6.45) is 3.64. The van der Waals surface area contributed by atoms with Gasteiger partial charge in [0.2, 0.25) is 5.91 Å². The predicted molar refractivity (Wildman–Crippen MR) is 90.2 cm³/mol. The summed E-state index contributed by atoms with van der Waals surface area (Å²) in [5, 5.41) is 6.25. The van der Waals surface area contributed by atoms with Crippen molar-refractivity contribution in [3.63, 3.8) is 0 Å². The molecule has 2 rings (SSSR count). The van der Waals surface area contributed by atoms with Crippen LogP contribution in [0.15, 0.2) is 18.2 Å². The number of amides is 1. The van der Waals surface area contributed by atoms with E-state index < -0.39 is 0 Å². The van der Waals surface area contributed by atoms with E-state index >= 15 is 0 Å². The number of carbonyl (C=O) groups excluding carboxylic acids is 1. The van der Waals surface area contributed by atoms with Crippen LogP contribution in [0.4, 0.5) is 10.1 Å². The minimum absolute atomic E-state index is 0.0453. The smallest absolute Gasteiger partial charge is 0.224 e. The van der Waals surface area contributed by atoms with Gasteiger partial charge in [0, 0.05) is 12.5 Å². The molecule has 1 saturated heterocycles. The summed E-state index contributed by atoms with van der Waals surface area (Å²) in [6, 6.07) is 4.22. The van der Waals surface area contributed by atoms with Gasteiger partial charge in [-0.1, -0.05) is 13.8 Å². The fraction of sp³-hybridized carbons (Fsp3) is 0.611. The molecule has 0 bridgehead atoms. The van der Waals surface area contributed by atoms with E-state index in [9.17, 15) is 9.18 Å². The highest BCUT2D eigenvalue weighted by Gasteiger charge is 2.22. The highest BCUT2D eigenvalue weighted by molar-refractivity contribution is 5.92. The van der Waals surface area contributed by atoms with E-state index in [0.29, 0.717) is 36.3 Å². The number of hydrogen-bond acceptors (Lipinski definition) is 3. The van der Waals surface area contributed by atoms with Gasteiger partial charge in [-0.15, -0.1) is 0 Å². The topological polar surface area (TPSA) is 50.4 Å². The molecule has 4 nitrogen and oxygen atoms in total. The highest BCUT2D eigenvalue weighted by Crippen LogP contribution is 2.27. The molecule has 0 aliphatic carbocycles. The summed E-state index contributed by atoms with van der Waals surface area (Å²) in [5.74, 6) is 0.848. The van der Waals surface area contributed by atoms with Crippen molar-refractivity contribution in [1.82, 2.24) is 5.32 Å². The molecule has 1 aliphatic rings. The Kier molecular flexibility index (Phi) is 6.84. The predicted octanol–water partition coefficient (Wildman–Crippen LogP) is 3.58. The lowest BCUT2D eigenvalue weighted by molar-refractivity contribution is -0.117. The molecule has 2 atom stereocenters. The van der Waals surface area contributed by atoms with Crippen molar-refractivity contribution >= 4 is 11.6 Å². The Morgan fingerprint density at radius 3 is 3.04 bits per heavy atom. The van der Waals surface area contributed by atoms with E-state index in [1.54, 1.807) is 6.07 Å². The normalized spacial score (nSPS) is 19.2. The van der Waals surface area contributed by atoms with Crippen LogP contribution < -0.4 is 15.4 Å². The fourth-order valence-corrected chi connectivity index (χ4v) is 2.96. The van der Waals surface area contributed by atoms with Gasteiger partial charge < -0.3 is 15.4 Å². The average Bonchev–Trinajstić information content (AvgIpc) is 2.55. The Hall–Kier alpha value is -1.62. The maximum absolute atomic E-state index is 13.4. The number of nitrogens with one attached hydrogen (secondary N) is 2. The van der Waals surface area contributed by atoms with Crippen molar-refractivity contribution in [3.05, 3.63) is 24.0 Å². The number of anilines is 1. The zero-order chi connectivity index (χ0) is 16.7. The molecule has 1 aliphatic heterocycles. The summed E-state index contributed by atoms with van der Waals surface area (Å²) in [7, 11) is 0. The second-order valence-corrected chi connectivity index (χ2v) is 6.32. The zero-order valence-electron chi connectivity index (χ0n) is 14.0. The molecular formula is C18H27FN2O2. The molecular weight excluding hydrogens is 295 g/mol. The lowest BCUT2D eigenvalue weighted by atomic mass is 9.85. The summed E-state index contributed by atoms with van der Waals surface area (Å²) >= 11 is 0. The molecule has 128 valence electrons. The lowest BCUT2D eigenvalue weighted by Crippen LogP contribution is -2.34. The first-order valence-corrected chi connectivity index (χ1v) is 8.53. The minimum Gasteiger partial charge on any atom is -0.491 e. The van der Waals surface area contributed by atoms with E-state index in [4.69, 9.17) is 4.74 Å². The van der Waals surface area contributed by atoms with Crippen molar-refractivity contribution in [2.75, 3.05) is 25.0 Å². The van der Waals surface area contributed by atoms with E-state index in [1.165, 1.54) is 25.0 Å². The molecule has 1 fully saturated rings. The first kappa shape index (κ1) is 17.7. The number of halogens is 1. The quantitative estimate of drug-likeness (QED) is 0.807. The molecule has 2 unspecified atom stereocenters. The van der Waals surface area contributed by atoms with Gasteiger partial charge in [-0.05, 0) is 56.3 Å². The van der Waals surface area contributed by atoms with Crippen molar-refractivity contribution in [2.45, 2.75) is 39.5 Å². The fourth-order valence-electron chi connectivity index (χ4n) is 2.96. The number of ether oxygens (including phenoxy) is 1. The molecule has 0 spiro atoms. The monoisotopic (exact) mass is 322 g/mol. The van der Waals surface area contributed by atoms with Crippen molar-refractivity contribution in [2.24, 2.45) is 11.8 Å². The highest BCUT2D eigenvalue weighted by atomic mass is 19.1. The van der Waals surface area contributed by atoms with Gasteiger partial charge in [-0.3, -0.25) is 4.79 Å². The number of piperidine rings is 1. The van der Waals surface area contributed by atoms with Crippen molar-refractivity contribution in [3.8, 4) is 5.75 Å². The van der Waals surface area contributed by atoms with E-state index in [-0.39, 0.29) is 11.7 Å².